The zero-order valence-electron chi connectivity index (χ0n) is 6.95. The summed E-state index contributed by atoms with van der Waals surface area (Å²) in [7, 11) is 0. The number of carbonyl (C=O) groups is 1. The Labute approximate surface area is 88.1 Å². The van der Waals surface area contributed by atoms with Gasteiger partial charge in [0, 0.05) is 6.42 Å². The average Bonchev–Trinajstić information content (AvgIpc) is 2.34. The van der Waals surface area contributed by atoms with Gasteiger partial charge in [-0.2, -0.15) is 0 Å². The minimum Gasteiger partial charge on any atom is -0.479 e. The van der Waals surface area contributed by atoms with Crippen LogP contribution in [0.1, 0.15) is 12.5 Å². The van der Waals surface area contributed by atoms with Crippen molar-refractivity contribution in [2.45, 2.75) is 18.9 Å². The predicted molar refractivity (Wildman–Crippen MR) is 54.0 cm³/mol. The Morgan fingerprint density at radius 2 is 2.38 bits per heavy atom. The lowest BCUT2D eigenvalue weighted by molar-refractivity contribution is -0.156. The van der Waals surface area contributed by atoms with Gasteiger partial charge in [-0.3, -0.25) is 0 Å². The molecule has 0 fully saturated rings. The molecule has 1 aromatic rings. The van der Waals surface area contributed by atoms with Crippen molar-refractivity contribution in [3.63, 3.8) is 0 Å². The van der Waals surface area contributed by atoms with Gasteiger partial charge in [0.25, 0.3) is 0 Å². The fourth-order valence-electron chi connectivity index (χ4n) is 0.912. The van der Waals surface area contributed by atoms with Gasteiger partial charge in [-0.1, -0.05) is 0 Å². The molecule has 0 aliphatic heterocycles. The van der Waals surface area contributed by atoms with Gasteiger partial charge in [0.15, 0.2) is 5.60 Å². The molecule has 0 amide bonds. The van der Waals surface area contributed by atoms with Gasteiger partial charge in [0.1, 0.15) is 0 Å². The summed E-state index contributed by atoms with van der Waals surface area (Å²) in [5.74, 6) is -1.20. The van der Waals surface area contributed by atoms with E-state index < -0.39 is 11.6 Å². The number of carboxylic acids is 1. The quantitative estimate of drug-likeness (QED) is 0.877. The van der Waals surface area contributed by atoms with Crippen LogP contribution in [0.2, 0.25) is 0 Å². The molecular formula is C8H9BrO3S. The first-order chi connectivity index (χ1) is 5.92. The van der Waals surface area contributed by atoms with E-state index >= 15 is 0 Å². The number of hydrogen-bond acceptors (Lipinski definition) is 3. The molecule has 0 aliphatic carbocycles. The molecule has 2 N–H and O–H groups in total. The van der Waals surface area contributed by atoms with Crippen molar-refractivity contribution in [2.24, 2.45) is 0 Å². The van der Waals surface area contributed by atoms with Crippen molar-refractivity contribution in [3.8, 4) is 0 Å². The standard InChI is InChI=1S/C8H9BrO3S/c1-8(12,7(10)11)3-5-2-6(9)13-4-5/h2,4,12H,3H2,1H3,(H,10,11). The highest BCUT2D eigenvalue weighted by Gasteiger charge is 2.30. The topological polar surface area (TPSA) is 57.5 Å². The monoisotopic (exact) mass is 264 g/mol. The maximum Gasteiger partial charge on any atom is 0.335 e. The molecular weight excluding hydrogens is 256 g/mol. The van der Waals surface area contributed by atoms with Gasteiger partial charge < -0.3 is 10.2 Å². The Morgan fingerprint density at radius 3 is 2.77 bits per heavy atom. The highest BCUT2D eigenvalue weighted by atomic mass is 79.9. The molecule has 1 aromatic heterocycles. The van der Waals surface area contributed by atoms with Crippen LogP contribution in [-0.2, 0) is 11.2 Å². The molecule has 1 heterocycles. The van der Waals surface area contributed by atoms with E-state index in [1.807, 2.05) is 11.4 Å². The van der Waals surface area contributed by atoms with E-state index in [1.54, 1.807) is 0 Å². The molecule has 0 saturated heterocycles. The maximum atomic E-state index is 10.6. The van der Waals surface area contributed by atoms with Crippen LogP contribution < -0.4 is 0 Å². The van der Waals surface area contributed by atoms with Crippen molar-refractivity contribution in [1.29, 1.82) is 0 Å². The summed E-state index contributed by atoms with van der Waals surface area (Å²) in [5.41, 5.74) is -0.857. The molecule has 3 nitrogen and oxygen atoms in total. The van der Waals surface area contributed by atoms with Gasteiger partial charge in [0.05, 0.1) is 3.79 Å². The van der Waals surface area contributed by atoms with E-state index in [0.29, 0.717) is 0 Å². The second-order valence-corrected chi connectivity index (χ2v) is 5.31. The number of hydrogen-bond donors (Lipinski definition) is 2. The normalized spacial score (nSPS) is 15.3. The summed E-state index contributed by atoms with van der Waals surface area (Å²) >= 11 is 4.74. The van der Waals surface area contributed by atoms with Crippen LogP contribution in [0.15, 0.2) is 15.2 Å². The number of aliphatic carboxylic acids is 1. The summed E-state index contributed by atoms with van der Waals surface area (Å²) in [6.07, 6.45) is 0.129. The maximum absolute atomic E-state index is 10.6. The molecule has 0 spiro atoms. The lowest BCUT2D eigenvalue weighted by Crippen LogP contribution is -2.36. The van der Waals surface area contributed by atoms with Crippen LogP contribution in [0.3, 0.4) is 0 Å². The van der Waals surface area contributed by atoms with E-state index in [1.165, 1.54) is 18.3 Å². The second-order valence-electron chi connectivity index (χ2n) is 3.01. The predicted octanol–water partition coefficient (Wildman–Crippen LogP) is 1.89. The zero-order valence-corrected chi connectivity index (χ0v) is 9.35. The Kier molecular flexibility index (Phi) is 3.10. The third-order valence-corrected chi connectivity index (χ3v) is 3.18. The summed E-state index contributed by atoms with van der Waals surface area (Å²) in [5, 5.41) is 19.9. The highest BCUT2D eigenvalue weighted by molar-refractivity contribution is 9.11. The minimum absolute atomic E-state index is 0.129. The molecule has 0 aliphatic rings. The van der Waals surface area contributed by atoms with Crippen molar-refractivity contribution >= 4 is 33.2 Å². The fraction of sp³-hybridized carbons (Fsp3) is 0.375. The SMILES string of the molecule is CC(O)(Cc1csc(Br)c1)C(=O)O. The van der Waals surface area contributed by atoms with Gasteiger partial charge in [-0.15, -0.1) is 11.3 Å². The first kappa shape index (κ1) is 10.7. The summed E-state index contributed by atoms with van der Waals surface area (Å²) in [6, 6.07) is 1.81. The van der Waals surface area contributed by atoms with Gasteiger partial charge in [-0.25, -0.2) is 4.79 Å². The summed E-state index contributed by atoms with van der Waals surface area (Å²) < 4.78 is 0.934. The number of rotatable bonds is 3. The van der Waals surface area contributed by atoms with Crippen LogP contribution in [-0.4, -0.2) is 21.8 Å². The molecule has 1 atom stereocenters. The largest absolute Gasteiger partial charge is 0.479 e. The van der Waals surface area contributed by atoms with E-state index in [2.05, 4.69) is 15.9 Å². The summed E-state index contributed by atoms with van der Waals surface area (Å²) in [4.78, 5) is 10.6. The molecule has 13 heavy (non-hydrogen) atoms. The minimum atomic E-state index is -1.68. The van der Waals surface area contributed by atoms with Crippen molar-refractivity contribution in [3.05, 3.63) is 20.8 Å². The lowest BCUT2D eigenvalue weighted by atomic mass is 9.99. The molecule has 0 bridgehead atoms. The van der Waals surface area contributed by atoms with E-state index in [4.69, 9.17) is 5.11 Å². The van der Waals surface area contributed by atoms with Crippen LogP contribution >= 0.6 is 27.3 Å². The van der Waals surface area contributed by atoms with E-state index in [9.17, 15) is 9.90 Å². The molecule has 1 unspecified atom stereocenters. The summed E-state index contributed by atoms with van der Waals surface area (Å²) in [6.45, 7) is 1.29. The van der Waals surface area contributed by atoms with Crippen molar-refractivity contribution < 1.29 is 15.0 Å². The number of halogens is 1. The molecule has 5 heteroatoms. The lowest BCUT2D eigenvalue weighted by Gasteiger charge is -2.16. The third kappa shape index (κ3) is 2.79. The van der Waals surface area contributed by atoms with Crippen molar-refractivity contribution in [1.82, 2.24) is 0 Å². The molecule has 0 aromatic carbocycles. The van der Waals surface area contributed by atoms with Crippen LogP contribution in [0, 0.1) is 0 Å². The number of thiophene rings is 1. The van der Waals surface area contributed by atoms with Gasteiger partial charge in [0.2, 0.25) is 0 Å². The van der Waals surface area contributed by atoms with Crippen LogP contribution in [0.5, 0.6) is 0 Å². The zero-order chi connectivity index (χ0) is 10.1. The second kappa shape index (κ2) is 3.77. The molecule has 0 saturated carbocycles. The van der Waals surface area contributed by atoms with Crippen LogP contribution in [0.25, 0.3) is 0 Å². The Bertz CT molecular complexity index is 319. The third-order valence-electron chi connectivity index (χ3n) is 1.63. The van der Waals surface area contributed by atoms with E-state index in [-0.39, 0.29) is 6.42 Å². The first-order valence-corrected chi connectivity index (χ1v) is 5.28. The highest BCUT2D eigenvalue weighted by Crippen LogP contribution is 2.23. The first-order valence-electron chi connectivity index (χ1n) is 3.60. The van der Waals surface area contributed by atoms with Crippen molar-refractivity contribution in [2.75, 3.05) is 0 Å². The Hall–Kier alpha value is -0.390. The Balaban J connectivity index is 2.74. The Morgan fingerprint density at radius 1 is 1.77 bits per heavy atom. The van der Waals surface area contributed by atoms with Gasteiger partial charge in [-0.05, 0) is 39.9 Å². The number of carboxylic acid groups (broad SMARTS) is 1. The fourth-order valence-corrected chi connectivity index (χ4v) is 2.12. The molecule has 0 radical (unpaired) electrons. The van der Waals surface area contributed by atoms with E-state index in [0.717, 1.165) is 9.35 Å². The smallest absolute Gasteiger partial charge is 0.335 e. The molecule has 72 valence electrons. The molecule has 1 rings (SSSR count). The number of aliphatic hydroxyl groups is 1. The average molecular weight is 265 g/mol. The van der Waals surface area contributed by atoms with Crippen LogP contribution in [0.4, 0.5) is 0 Å². The van der Waals surface area contributed by atoms with Gasteiger partial charge >= 0.3 is 5.97 Å².